The maximum atomic E-state index is 13.5. The van der Waals surface area contributed by atoms with E-state index in [1.807, 2.05) is 19.1 Å². The third-order valence-electron chi connectivity index (χ3n) is 5.93. The van der Waals surface area contributed by atoms with Crippen molar-refractivity contribution in [3.05, 3.63) is 63.6 Å². The summed E-state index contributed by atoms with van der Waals surface area (Å²) in [6, 6.07) is 3.59. The quantitative estimate of drug-likeness (QED) is 0.798. The summed E-state index contributed by atoms with van der Waals surface area (Å²) in [6.07, 6.45) is 10.6. The van der Waals surface area contributed by atoms with Gasteiger partial charge in [0, 0.05) is 12.6 Å². The van der Waals surface area contributed by atoms with E-state index in [2.05, 4.69) is 15.6 Å². The zero-order valence-corrected chi connectivity index (χ0v) is 15.7. The molecule has 3 aliphatic rings. The Kier molecular flexibility index (Phi) is 3.79. The molecule has 2 N–H and O–H groups in total. The average Bonchev–Trinajstić information content (AvgIpc) is 3.19. The zero-order valence-electron chi connectivity index (χ0n) is 15.7. The molecule has 1 amide bonds. The largest absolute Gasteiger partial charge is 0.468 e. The smallest absolute Gasteiger partial charge is 0.276 e. The van der Waals surface area contributed by atoms with Crippen LogP contribution < -0.4 is 16.2 Å². The first-order chi connectivity index (χ1) is 13.6. The maximum Gasteiger partial charge on any atom is 0.276 e. The lowest BCUT2D eigenvalue weighted by atomic mass is 9.89. The lowest BCUT2D eigenvalue weighted by Crippen LogP contribution is -2.49. The van der Waals surface area contributed by atoms with Crippen molar-refractivity contribution in [3.8, 4) is 0 Å². The van der Waals surface area contributed by atoms with Crippen molar-refractivity contribution in [1.82, 2.24) is 9.88 Å². The van der Waals surface area contributed by atoms with Crippen LogP contribution in [0.4, 0.5) is 5.69 Å². The fourth-order valence-electron chi connectivity index (χ4n) is 4.63. The number of carbonyl (C=O) groups is 1. The number of hydrogen-bond acceptors (Lipinski definition) is 5. The maximum absolute atomic E-state index is 13.5. The molecular weight excluding hydrogens is 356 g/mol. The van der Waals surface area contributed by atoms with Crippen LogP contribution in [0.15, 0.2) is 44.9 Å². The van der Waals surface area contributed by atoms with Gasteiger partial charge in [0.05, 0.1) is 11.8 Å². The highest BCUT2D eigenvalue weighted by atomic mass is 16.3. The number of nitrogens with zero attached hydrogens (tertiary/aromatic N) is 2. The van der Waals surface area contributed by atoms with Gasteiger partial charge >= 0.3 is 0 Å². The molecule has 7 nitrogen and oxygen atoms in total. The number of carbonyl (C=O) groups excluding carboxylic acids is 1. The van der Waals surface area contributed by atoms with Gasteiger partial charge in [0.15, 0.2) is 0 Å². The fourth-order valence-corrected chi connectivity index (χ4v) is 4.63. The summed E-state index contributed by atoms with van der Waals surface area (Å²) in [4.78, 5) is 30.6. The van der Waals surface area contributed by atoms with Crippen molar-refractivity contribution in [2.45, 2.75) is 51.1 Å². The second-order valence-electron chi connectivity index (χ2n) is 7.73. The second kappa shape index (κ2) is 6.22. The number of nitrogens with one attached hydrogen (secondary N) is 2. The first-order valence-corrected chi connectivity index (χ1v) is 9.75. The second-order valence-corrected chi connectivity index (χ2v) is 7.73. The molecule has 2 aromatic heterocycles. The van der Waals surface area contributed by atoms with E-state index >= 15 is 0 Å². The third-order valence-corrected chi connectivity index (χ3v) is 5.93. The number of aryl methyl sites for hydroxylation is 1. The summed E-state index contributed by atoms with van der Waals surface area (Å²) >= 11 is 0. The molecule has 1 saturated carbocycles. The summed E-state index contributed by atoms with van der Waals surface area (Å²) in [7, 11) is 0. The van der Waals surface area contributed by atoms with E-state index in [9.17, 15) is 9.59 Å². The Morgan fingerprint density at radius 1 is 1.25 bits per heavy atom. The van der Waals surface area contributed by atoms with Crippen LogP contribution in [0.1, 0.15) is 59.5 Å². The normalized spacial score (nSPS) is 19.6. The molecule has 0 radical (unpaired) electrons. The first-order valence-electron chi connectivity index (χ1n) is 9.75. The molecule has 0 saturated heterocycles. The van der Waals surface area contributed by atoms with Crippen LogP contribution in [0.5, 0.6) is 0 Å². The van der Waals surface area contributed by atoms with Crippen LogP contribution in [0.2, 0.25) is 0 Å². The standard InChI is InChI=1S/C21H22N4O3/c1-13-12-15(23-18-14-7-11-28-16(14)6-5-10-22-18)20(27)25-17(13)19(26)24-21(25)8-3-2-4-9-21/h5,7,10-12H,2-4,6,8-9H2,1H3,(H,22,23)(H,24,26). The number of pyridine rings is 1. The number of amides is 1. The first kappa shape index (κ1) is 17.0. The summed E-state index contributed by atoms with van der Waals surface area (Å²) < 4.78 is 7.22. The van der Waals surface area contributed by atoms with Crippen LogP contribution in [0, 0.1) is 6.92 Å². The Hall–Kier alpha value is -3.09. The van der Waals surface area contributed by atoms with Gasteiger partial charge in [-0.25, -0.2) is 4.99 Å². The van der Waals surface area contributed by atoms with Gasteiger partial charge < -0.3 is 15.1 Å². The minimum atomic E-state index is -0.601. The molecule has 0 aromatic carbocycles. The average molecular weight is 378 g/mol. The molecule has 1 aliphatic carbocycles. The molecule has 0 atom stereocenters. The summed E-state index contributed by atoms with van der Waals surface area (Å²) in [6.45, 7) is 1.87. The highest BCUT2D eigenvalue weighted by Crippen LogP contribution is 2.37. The molecule has 7 heteroatoms. The van der Waals surface area contributed by atoms with Crippen molar-refractivity contribution < 1.29 is 9.21 Å². The van der Waals surface area contributed by atoms with Gasteiger partial charge in [-0.1, -0.05) is 12.5 Å². The van der Waals surface area contributed by atoms with E-state index in [0.29, 0.717) is 23.6 Å². The molecule has 1 fully saturated rings. The van der Waals surface area contributed by atoms with Gasteiger partial charge in [0.25, 0.3) is 11.5 Å². The van der Waals surface area contributed by atoms with E-state index in [1.54, 1.807) is 23.1 Å². The van der Waals surface area contributed by atoms with E-state index in [-0.39, 0.29) is 11.5 Å². The van der Waals surface area contributed by atoms with Gasteiger partial charge in [-0.2, -0.15) is 0 Å². The predicted molar refractivity (Wildman–Crippen MR) is 106 cm³/mol. The van der Waals surface area contributed by atoms with Gasteiger partial charge in [-0.3, -0.25) is 14.2 Å². The number of aliphatic imine (C=N–C) groups is 1. The molecule has 5 rings (SSSR count). The Bertz CT molecular complexity index is 1080. The van der Waals surface area contributed by atoms with Crippen LogP contribution in [-0.4, -0.2) is 16.3 Å². The number of hydrogen-bond donors (Lipinski definition) is 2. The monoisotopic (exact) mass is 378 g/mol. The Morgan fingerprint density at radius 2 is 2.07 bits per heavy atom. The molecule has 1 spiro atoms. The van der Waals surface area contributed by atoms with Crippen LogP contribution >= 0.6 is 0 Å². The van der Waals surface area contributed by atoms with E-state index in [0.717, 1.165) is 49.0 Å². The van der Waals surface area contributed by atoms with Crippen molar-refractivity contribution in [3.63, 3.8) is 0 Å². The Labute approximate surface area is 162 Å². The highest BCUT2D eigenvalue weighted by Gasteiger charge is 2.45. The van der Waals surface area contributed by atoms with Crippen molar-refractivity contribution in [1.29, 1.82) is 0 Å². The molecule has 2 aliphatic heterocycles. The van der Waals surface area contributed by atoms with Crippen molar-refractivity contribution >= 4 is 17.4 Å². The van der Waals surface area contributed by atoms with Gasteiger partial charge in [0.2, 0.25) is 0 Å². The minimum Gasteiger partial charge on any atom is -0.468 e. The number of amidine groups is 1. The van der Waals surface area contributed by atoms with Crippen molar-refractivity contribution in [2.75, 3.05) is 5.32 Å². The Balaban J connectivity index is 1.62. The minimum absolute atomic E-state index is 0.157. The number of anilines is 1. The molecule has 0 unspecified atom stereocenters. The lowest BCUT2D eigenvalue weighted by molar-refractivity contribution is 0.0876. The number of furan rings is 1. The molecule has 28 heavy (non-hydrogen) atoms. The third kappa shape index (κ3) is 2.46. The van der Waals surface area contributed by atoms with Gasteiger partial charge in [0.1, 0.15) is 28.6 Å². The molecule has 0 bridgehead atoms. The zero-order chi connectivity index (χ0) is 19.3. The van der Waals surface area contributed by atoms with E-state index < -0.39 is 5.66 Å². The van der Waals surface area contributed by atoms with Crippen molar-refractivity contribution in [2.24, 2.45) is 4.99 Å². The molecular formula is C21H22N4O3. The summed E-state index contributed by atoms with van der Waals surface area (Å²) in [5, 5.41) is 6.31. The van der Waals surface area contributed by atoms with Crippen LogP contribution in [0.25, 0.3) is 0 Å². The number of aromatic nitrogens is 1. The predicted octanol–water partition coefficient (Wildman–Crippen LogP) is 3.04. The summed E-state index contributed by atoms with van der Waals surface area (Å²) in [5.41, 5.74) is 1.72. The molecule has 144 valence electrons. The SMILES string of the molecule is Cc1cc(NC2=NC=CCc3occc32)c(=O)n2c1C(=O)NC21CCCCC1. The molecule has 2 aromatic rings. The number of allylic oxidation sites excluding steroid dienone is 1. The Morgan fingerprint density at radius 3 is 2.89 bits per heavy atom. The van der Waals surface area contributed by atoms with Crippen LogP contribution in [-0.2, 0) is 12.1 Å². The lowest BCUT2D eigenvalue weighted by Gasteiger charge is -2.35. The number of fused-ring (bicyclic) bond motifs is 3. The fraction of sp³-hybridized carbons (Fsp3) is 0.381. The highest BCUT2D eigenvalue weighted by molar-refractivity contribution is 6.09. The van der Waals surface area contributed by atoms with E-state index in [4.69, 9.17) is 4.42 Å². The summed E-state index contributed by atoms with van der Waals surface area (Å²) in [5.74, 6) is 1.22. The topological polar surface area (TPSA) is 88.6 Å². The molecule has 4 heterocycles. The van der Waals surface area contributed by atoms with Gasteiger partial charge in [-0.15, -0.1) is 0 Å². The van der Waals surface area contributed by atoms with Crippen LogP contribution in [0.3, 0.4) is 0 Å². The number of rotatable bonds is 1. The van der Waals surface area contributed by atoms with Gasteiger partial charge in [-0.05, 0) is 50.3 Å². The van der Waals surface area contributed by atoms with E-state index in [1.165, 1.54) is 0 Å².